The van der Waals surface area contributed by atoms with Crippen LogP contribution >= 0.6 is 0 Å². The number of nitrogens with zero attached hydrogens (tertiary/aromatic N) is 5. The van der Waals surface area contributed by atoms with Crippen molar-refractivity contribution in [3.8, 4) is 0 Å². The van der Waals surface area contributed by atoms with E-state index in [9.17, 15) is 9.59 Å². The van der Waals surface area contributed by atoms with Gasteiger partial charge < -0.3 is 14.5 Å². The Morgan fingerprint density at radius 3 is 2.91 bits per heavy atom. The molecule has 124 valence electrons. The first kappa shape index (κ1) is 14.6. The molecule has 4 rings (SSSR count). The molecule has 8 nitrogen and oxygen atoms in total. The van der Waals surface area contributed by atoms with Crippen molar-refractivity contribution in [1.82, 2.24) is 24.8 Å². The fraction of sp³-hybridized carbons (Fsp3) is 0.733. The zero-order valence-corrected chi connectivity index (χ0v) is 13.1. The average Bonchev–Trinajstić information content (AvgIpc) is 3.21. The highest BCUT2D eigenvalue weighted by molar-refractivity contribution is 5.82. The Hall–Kier alpha value is -1.96. The first-order valence-corrected chi connectivity index (χ1v) is 8.29. The summed E-state index contributed by atoms with van der Waals surface area (Å²) >= 11 is 0. The summed E-state index contributed by atoms with van der Waals surface area (Å²) in [6.45, 7) is 3.34. The van der Waals surface area contributed by atoms with Gasteiger partial charge in [-0.1, -0.05) is 5.21 Å². The first-order chi connectivity index (χ1) is 11.2. The standard InChI is InChI=1S/C15H21N5O3/c21-14-4-1-5-18(14)7-11-8-20(17-16-11)12-9-19(10-12)15(22)13-3-2-6-23-13/h8,12-13H,1-7,9-10H2. The van der Waals surface area contributed by atoms with Gasteiger partial charge in [-0.15, -0.1) is 5.10 Å². The van der Waals surface area contributed by atoms with Crippen LogP contribution < -0.4 is 0 Å². The molecule has 1 aromatic heterocycles. The lowest BCUT2D eigenvalue weighted by molar-refractivity contribution is -0.147. The number of carbonyl (C=O) groups is 2. The van der Waals surface area contributed by atoms with E-state index >= 15 is 0 Å². The van der Waals surface area contributed by atoms with Crippen LogP contribution in [0.1, 0.15) is 37.4 Å². The maximum absolute atomic E-state index is 12.2. The van der Waals surface area contributed by atoms with Gasteiger partial charge >= 0.3 is 0 Å². The fourth-order valence-corrected chi connectivity index (χ4v) is 3.41. The van der Waals surface area contributed by atoms with Crippen LogP contribution in [0.15, 0.2) is 6.20 Å². The lowest BCUT2D eigenvalue weighted by Gasteiger charge is -2.39. The second kappa shape index (κ2) is 5.92. The van der Waals surface area contributed by atoms with Gasteiger partial charge in [0, 0.05) is 32.7 Å². The van der Waals surface area contributed by atoms with E-state index < -0.39 is 0 Å². The van der Waals surface area contributed by atoms with Gasteiger partial charge in [-0.05, 0) is 19.3 Å². The van der Waals surface area contributed by atoms with Crippen molar-refractivity contribution in [3.63, 3.8) is 0 Å². The number of hydrogen-bond acceptors (Lipinski definition) is 5. The van der Waals surface area contributed by atoms with Crippen LogP contribution in [0.25, 0.3) is 0 Å². The summed E-state index contributed by atoms with van der Waals surface area (Å²) in [6, 6.07) is 0.177. The minimum atomic E-state index is -0.247. The summed E-state index contributed by atoms with van der Waals surface area (Å²) in [5.74, 6) is 0.290. The third kappa shape index (κ3) is 2.83. The average molecular weight is 319 g/mol. The molecule has 8 heteroatoms. The number of ether oxygens (including phenoxy) is 1. The van der Waals surface area contributed by atoms with Crippen molar-refractivity contribution in [2.75, 3.05) is 26.2 Å². The van der Waals surface area contributed by atoms with Gasteiger partial charge in [0.05, 0.1) is 18.8 Å². The Balaban J connectivity index is 1.30. The normalized spacial score (nSPS) is 25.2. The second-order valence-electron chi connectivity index (χ2n) is 6.51. The molecule has 3 aliphatic rings. The van der Waals surface area contributed by atoms with Gasteiger partial charge in [-0.25, -0.2) is 4.68 Å². The van der Waals surface area contributed by atoms with Crippen molar-refractivity contribution in [2.45, 2.75) is 44.4 Å². The number of carbonyl (C=O) groups excluding carboxylic acids is 2. The number of likely N-dealkylation sites (tertiary alicyclic amines) is 2. The van der Waals surface area contributed by atoms with Gasteiger partial charge in [0.25, 0.3) is 5.91 Å². The van der Waals surface area contributed by atoms with E-state index in [1.165, 1.54) is 0 Å². The molecule has 0 radical (unpaired) electrons. The smallest absolute Gasteiger partial charge is 0.251 e. The molecular weight excluding hydrogens is 298 g/mol. The number of rotatable bonds is 4. The third-order valence-corrected chi connectivity index (χ3v) is 4.84. The van der Waals surface area contributed by atoms with E-state index in [4.69, 9.17) is 4.74 Å². The Kier molecular flexibility index (Phi) is 3.76. The lowest BCUT2D eigenvalue weighted by atomic mass is 10.1. The summed E-state index contributed by atoms with van der Waals surface area (Å²) in [4.78, 5) is 27.5. The highest BCUT2D eigenvalue weighted by Gasteiger charge is 2.37. The summed E-state index contributed by atoms with van der Waals surface area (Å²) < 4.78 is 7.25. The summed E-state index contributed by atoms with van der Waals surface area (Å²) in [7, 11) is 0. The molecule has 2 amide bonds. The van der Waals surface area contributed by atoms with E-state index in [1.54, 1.807) is 0 Å². The molecule has 0 N–H and O–H groups in total. The lowest BCUT2D eigenvalue weighted by Crippen LogP contribution is -2.53. The van der Waals surface area contributed by atoms with Crippen molar-refractivity contribution >= 4 is 11.8 Å². The molecule has 3 aliphatic heterocycles. The molecule has 0 aliphatic carbocycles. The highest BCUT2D eigenvalue weighted by Crippen LogP contribution is 2.24. The monoisotopic (exact) mass is 319 g/mol. The number of amides is 2. The zero-order chi connectivity index (χ0) is 15.8. The number of aromatic nitrogens is 3. The quantitative estimate of drug-likeness (QED) is 0.778. The van der Waals surface area contributed by atoms with E-state index in [0.717, 1.165) is 31.5 Å². The van der Waals surface area contributed by atoms with Crippen LogP contribution in [0.5, 0.6) is 0 Å². The molecular formula is C15H21N5O3. The van der Waals surface area contributed by atoms with Crippen LogP contribution in [0.2, 0.25) is 0 Å². The molecule has 4 heterocycles. The Morgan fingerprint density at radius 1 is 1.35 bits per heavy atom. The molecule has 0 aromatic carbocycles. The fourth-order valence-electron chi connectivity index (χ4n) is 3.41. The molecule has 0 saturated carbocycles. The minimum Gasteiger partial charge on any atom is -0.368 e. The molecule has 0 spiro atoms. The second-order valence-corrected chi connectivity index (χ2v) is 6.51. The predicted molar refractivity (Wildman–Crippen MR) is 79.3 cm³/mol. The van der Waals surface area contributed by atoms with Crippen molar-refractivity contribution in [3.05, 3.63) is 11.9 Å². The largest absolute Gasteiger partial charge is 0.368 e. The van der Waals surface area contributed by atoms with Gasteiger partial charge in [0.1, 0.15) is 11.8 Å². The Morgan fingerprint density at radius 2 is 2.22 bits per heavy atom. The van der Waals surface area contributed by atoms with Crippen LogP contribution in [-0.4, -0.2) is 69.0 Å². The molecule has 3 saturated heterocycles. The molecule has 0 bridgehead atoms. The van der Waals surface area contributed by atoms with E-state index in [0.29, 0.717) is 32.7 Å². The maximum atomic E-state index is 12.2. The van der Waals surface area contributed by atoms with Crippen LogP contribution in [0, 0.1) is 0 Å². The van der Waals surface area contributed by atoms with Crippen LogP contribution in [0.4, 0.5) is 0 Å². The minimum absolute atomic E-state index is 0.0988. The van der Waals surface area contributed by atoms with Gasteiger partial charge in [-0.2, -0.15) is 0 Å². The molecule has 3 fully saturated rings. The highest BCUT2D eigenvalue weighted by atomic mass is 16.5. The number of hydrogen-bond donors (Lipinski definition) is 0. The molecule has 1 unspecified atom stereocenters. The van der Waals surface area contributed by atoms with Crippen molar-refractivity contribution in [1.29, 1.82) is 0 Å². The topological polar surface area (TPSA) is 80.6 Å². The SMILES string of the molecule is O=C1CCCN1Cc1cn(C2CN(C(=O)C3CCCO3)C2)nn1. The summed E-state index contributed by atoms with van der Waals surface area (Å²) in [5.41, 5.74) is 0.809. The molecule has 23 heavy (non-hydrogen) atoms. The third-order valence-electron chi connectivity index (χ3n) is 4.84. The van der Waals surface area contributed by atoms with Crippen molar-refractivity contribution in [2.24, 2.45) is 0 Å². The van der Waals surface area contributed by atoms with E-state index in [1.807, 2.05) is 20.7 Å². The van der Waals surface area contributed by atoms with E-state index in [-0.39, 0.29) is 24.0 Å². The maximum Gasteiger partial charge on any atom is 0.251 e. The molecule has 1 aromatic rings. The molecule has 1 atom stereocenters. The first-order valence-electron chi connectivity index (χ1n) is 8.29. The van der Waals surface area contributed by atoms with Crippen molar-refractivity contribution < 1.29 is 14.3 Å². The predicted octanol–water partition coefficient (Wildman–Crippen LogP) is -0.0372. The Labute approximate surface area is 134 Å². The zero-order valence-electron chi connectivity index (χ0n) is 13.1. The van der Waals surface area contributed by atoms with Gasteiger partial charge in [-0.3, -0.25) is 9.59 Å². The van der Waals surface area contributed by atoms with Gasteiger partial charge in [0.2, 0.25) is 5.91 Å². The van der Waals surface area contributed by atoms with Gasteiger partial charge in [0.15, 0.2) is 0 Å². The van der Waals surface area contributed by atoms with Crippen LogP contribution in [-0.2, 0) is 20.9 Å². The Bertz CT molecular complexity index is 604. The summed E-state index contributed by atoms with van der Waals surface area (Å²) in [5, 5.41) is 8.31. The van der Waals surface area contributed by atoms with E-state index in [2.05, 4.69) is 10.3 Å². The van der Waals surface area contributed by atoms with Crippen LogP contribution in [0.3, 0.4) is 0 Å². The summed E-state index contributed by atoms with van der Waals surface area (Å²) in [6.07, 6.45) is 5.01.